The minimum absolute atomic E-state index is 0.578. The van der Waals surface area contributed by atoms with E-state index in [1.807, 2.05) is 43.1 Å². The van der Waals surface area contributed by atoms with E-state index in [0.29, 0.717) is 12.3 Å². The molecule has 14 heavy (non-hydrogen) atoms. The highest BCUT2D eigenvalue weighted by molar-refractivity contribution is 5.96. The van der Waals surface area contributed by atoms with E-state index in [-0.39, 0.29) is 0 Å². The lowest BCUT2D eigenvalue weighted by Crippen LogP contribution is -2.24. The van der Waals surface area contributed by atoms with Crippen LogP contribution in [0.15, 0.2) is 24.3 Å². The van der Waals surface area contributed by atoms with Crippen LogP contribution in [0.25, 0.3) is 0 Å². The van der Waals surface area contributed by atoms with Gasteiger partial charge >= 0.3 is 0 Å². The zero-order valence-corrected chi connectivity index (χ0v) is 8.87. The molecule has 1 aromatic rings. The molecule has 1 N–H and O–H groups in total. The van der Waals surface area contributed by atoms with Crippen LogP contribution in [-0.2, 0) is 0 Å². The minimum atomic E-state index is 0.578. The summed E-state index contributed by atoms with van der Waals surface area (Å²) in [4.78, 5) is 1.83. The van der Waals surface area contributed by atoms with Crippen molar-refractivity contribution in [2.75, 3.05) is 19.1 Å². The summed E-state index contributed by atoms with van der Waals surface area (Å²) >= 11 is 0. The summed E-state index contributed by atoms with van der Waals surface area (Å²) in [6, 6.07) is 7.71. The van der Waals surface area contributed by atoms with Gasteiger partial charge in [0.1, 0.15) is 5.75 Å². The number of hydrogen-bond donors (Lipinski definition) is 1. The van der Waals surface area contributed by atoms with Crippen LogP contribution in [0.1, 0.15) is 13.3 Å². The van der Waals surface area contributed by atoms with E-state index in [0.717, 1.165) is 11.4 Å². The average Bonchev–Trinajstić information content (AvgIpc) is 2.26. The first-order valence-corrected chi connectivity index (χ1v) is 4.64. The van der Waals surface area contributed by atoms with Crippen LogP contribution in [0.4, 0.5) is 5.69 Å². The lowest BCUT2D eigenvalue weighted by Gasteiger charge is -2.21. The summed E-state index contributed by atoms with van der Waals surface area (Å²) in [5.41, 5.74) is 0.932. The van der Waals surface area contributed by atoms with E-state index in [1.165, 1.54) is 0 Å². The highest BCUT2D eigenvalue weighted by Gasteiger charge is 2.09. The van der Waals surface area contributed by atoms with Gasteiger partial charge in [-0.05, 0) is 12.1 Å². The smallest absolute Gasteiger partial charge is 0.142 e. The van der Waals surface area contributed by atoms with E-state index in [2.05, 4.69) is 0 Å². The summed E-state index contributed by atoms with van der Waals surface area (Å²) in [5.74, 6) is 1.38. The highest BCUT2D eigenvalue weighted by Crippen LogP contribution is 2.26. The van der Waals surface area contributed by atoms with Crippen molar-refractivity contribution in [1.82, 2.24) is 0 Å². The van der Waals surface area contributed by atoms with Crippen LogP contribution < -0.4 is 9.64 Å². The van der Waals surface area contributed by atoms with Crippen molar-refractivity contribution in [3.8, 4) is 5.75 Å². The Labute approximate surface area is 84.8 Å². The van der Waals surface area contributed by atoms with Gasteiger partial charge in [-0.1, -0.05) is 19.1 Å². The predicted octanol–water partition coefficient (Wildman–Crippen LogP) is 2.52. The molecule has 0 unspecified atom stereocenters. The molecule has 0 amide bonds. The molecule has 0 atom stereocenters. The zero-order chi connectivity index (χ0) is 10.6. The van der Waals surface area contributed by atoms with Crippen LogP contribution in [0.3, 0.4) is 0 Å². The maximum absolute atomic E-state index is 7.72. The Morgan fingerprint density at radius 3 is 2.64 bits per heavy atom. The van der Waals surface area contributed by atoms with Crippen molar-refractivity contribution in [1.29, 1.82) is 5.41 Å². The topological polar surface area (TPSA) is 36.3 Å². The van der Waals surface area contributed by atoms with Gasteiger partial charge in [-0.3, -0.25) is 5.41 Å². The van der Waals surface area contributed by atoms with Crippen LogP contribution in [0.2, 0.25) is 0 Å². The van der Waals surface area contributed by atoms with E-state index in [4.69, 9.17) is 10.1 Å². The molecule has 0 saturated carbocycles. The fraction of sp³-hybridized carbons (Fsp3) is 0.364. The third-order valence-corrected chi connectivity index (χ3v) is 2.19. The number of benzene rings is 1. The first kappa shape index (κ1) is 10.6. The van der Waals surface area contributed by atoms with Crippen molar-refractivity contribution < 1.29 is 4.74 Å². The molecule has 0 saturated heterocycles. The maximum Gasteiger partial charge on any atom is 0.142 e. The molecule has 0 fully saturated rings. The molecule has 76 valence electrons. The Morgan fingerprint density at radius 1 is 1.43 bits per heavy atom. The molecular formula is C11H16N2O. The van der Waals surface area contributed by atoms with E-state index in [9.17, 15) is 0 Å². The van der Waals surface area contributed by atoms with E-state index >= 15 is 0 Å². The molecule has 0 aliphatic heterocycles. The molecule has 0 spiro atoms. The van der Waals surface area contributed by atoms with Crippen LogP contribution >= 0.6 is 0 Å². The Hall–Kier alpha value is -1.51. The normalized spacial score (nSPS) is 9.64. The van der Waals surface area contributed by atoms with Crippen molar-refractivity contribution in [2.24, 2.45) is 0 Å². The number of hydrogen-bond acceptors (Lipinski definition) is 2. The summed E-state index contributed by atoms with van der Waals surface area (Å²) < 4.78 is 5.22. The Morgan fingerprint density at radius 2 is 2.07 bits per heavy atom. The minimum Gasteiger partial charge on any atom is -0.495 e. The summed E-state index contributed by atoms with van der Waals surface area (Å²) in [6.45, 7) is 1.97. The number of para-hydroxylation sites is 2. The zero-order valence-electron chi connectivity index (χ0n) is 8.87. The average molecular weight is 192 g/mol. The van der Waals surface area contributed by atoms with Gasteiger partial charge in [0, 0.05) is 13.5 Å². The molecule has 0 aliphatic rings. The third kappa shape index (κ3) is 2.05. The number of anilines is 1. The van der Waals surface area contributed by atoms with Gasteiger partial charge in [-0.25, -0.2) is 0 Å². The van der Waals surface area contributed by atoms with Crippen LogP contribution in [0.5, 0.6) is 5.75 Å². The van der Waals surface area contributed by atoms with Crippen molar-refractivity contribution in [3.05, 3.63) is 24.3 Å². The molecular weight excluding hydrogens is 176 g/mol. The largest absolute Gasteiger partial charge is 0.495 e. The van der Waals surface area contributed by atoms with Crippen molar-refractivity contribution >= 4 is 11.5 Å². The maximum atomic E-state index is 7.72. The van der Waals surface area contributed by atoms with Crippen molar-refractivity contribution in [2.45, 2.75) is 13.3 Å². The summed E-state index contributed by atoms with van der Waals surface area (Å²) in [7, 11) is 3.52. The molecule has 1 rings (SSSR count). The first-order chi connectivity index (χ1) is 6.70. The van der Waals surface area contributed by atoms with E-state index < -0.39 is 0 Å². The first-order valence-electron chi connectivity index (χ1n) is 4.64. The fourth-order valence-corrected chi connectivity index (χ4v) is 1.29. The standard InChI is InChI=1S/C11H16N2O/c1-4-11(12)13(2)9-7-5-6-8-10(9)14-3/h5-8,12H,4H2,1-3H3. The van der Waals surface area contributed by atoms with Gasteiger partial charge in [0.05, 0.1) is 18.6 Å². The second-order valence-electron chi connectivity index (χ2n) is 3.03. The Kier molecular flexibility index (Phi) is 3.51. The Balaban J connectivity index is 2.99. The third-order valence-electron chi connectivity index (χ3n) is 2.19. The van der Waals surface area contributed by atoms with Gasteiger partial charge in [-0.15, -0.1) is 0 Å². The molecule has 3 nitrogen and oxygen atoms in total. The molecule has 0 heterocycles. The second kappa shape index (κ2) is 4.65. The lowest BCUT2D eigenvalue weighted by atomic mass is 10.2. The molecule has 0 aromatic heterocycles. The van der Waals surface area contributed by atoms with E-state index in [1.54, 1.807) is 7.11 Å². The fourth-order valence-electron chi connectivity index (χ4n) is 1.29. The number of methoxy groups -OCH3 is 1. The van der Waals surface area contributed by atoms with Gasteiger partial charge in [0.2, 0.25) is 0 Å². The Bertz CT molecular complexity index is 323. The summed E-state index contributed by atoms with van der Waals surface area (Å²) in [6.07, 6.45) is 0.717. The molecule has 0 aliphatic carbocycles. The number of nitrogens with zero attached hydrogens (tertiary/aromatic N) is 1. The number of amidine groups is 1. The molecule has 0 radical (unpaired) electrons. The molecule has 3 heteroatoms. The molecule has 1 aromatic carbocycles. The quantitative estimate of drug-likeness (QED) is 0.590. The van der Waals surface area contributed by atoms with Gasteiger partial charge in [0.25, 0.3) is 0 Å². The van der Waals surface area contributed by atoms with Gasteiger partial charge < -0.3 is 9.64 Å². The predicted molar refractivity (Wildman–Crippen MR) is 59.4 cm³/mol. The highest BCUT2D eigenvalue weighted by atomic mass is 16.5. The number of ether oxygens (including phenoxy) is 1. The van der Waals surface area contributed by atoms with Crippen molar-refractivity contribution in [3.63, 3.8) is 0 Å². The van der Waals surface area contributed by atoms with Gasteiger partial charge in [0.15, 0.2) is 0 Å². The SMILES string of the molecule is CCC(=N)N(C)c1ccccc1OC. The second-order valence-corrected chi connectivity index (χ2v) is 3.03. The van der Waals surface area contributed by atoms with Crippen LogP contribution in [-0.4, -0.2) is 20.0 Å². The number of nitrogens with one attached hydrogen (secondary N) is 1. The number of rotatable bonds is 3. The molecule has 0 bridgehead atoms. The van der Waals surface area contributed by atoms with Crippen LogP contribution in [0, 0.1) is 5.41 Å². The monoisotopic (exact) mass is 192 g/mol. The van der Waals surface area contributed by atoms with Gasteiger partial charge in [-0.2, -0.15) is 0 Å². The summed E-state index contributed by atoms with van der Waals surface area (Å²) in [5, 5.41) is 7.72. The lowest BCUT2D eigenvalue weighted by molar-refractivity contribution is 0.416.